The average Bonchev–Trinajstić information content (AvgIpc) is 2.23. The van der Waals surface area contributed by atoms with Gasteiger partial charge in [0.15, 0.2) is 5.78 Å². The zero-order chi connectivity index (χ0) is 13.2. The van der Waals surface area contributed by atoms with Gasteiger partial charge in [-0.1, -0.05) is 51.5 Å². The summed E-state index contributed by atoms with van der Waals surface area (Å²) in [6.07, 6.45) is 5.61. The molecular weight excluding hydrogens is 220 g/mol. The van der Waals surface area contributed by atoms with E-state index >= 15 is 0 Å². The van der Waals surface area contributed by atoms with Crippen LogP contribution in [0.4, 0.5) is 0 Å². The zero-order valence-corrected chi connectivity index (χ0v) is 11.8. The lowest BCUT2D eigenvalue weighted by Crippen LogP contribution is -2.10. The van der Waals surface area contributed by atoms with Crippen LogP contribution in [0.5, 0.6) is 0 Å². The summed E-state index contributed by atoms with van der Waals surface area (Å²) in [6, 6.07) is 8.32. The van der Waals surface area contributed by atoms with Crippen molar-refractivity contribution in [3.63, 3.8) is 0 Å². The predicted molar refractivity (Wildman–Crippen MR) is 76.1 cm³/mol. The Bertz CT molecular complexity index is 404. The first-order chi connectivity index (χ1) is 8.46. The van der Waals surface area contributed by atoms with Gasteiger partial charge in [0.2, 0.25) is 0 Å². The fourth-order valence-corrected chi connectivity index (χ4v) is 2.32. The van der Waals surface area contributed by atoms with Crippen molar-refractivity contribution in [1.82, 2.24) is 0 Å². The molecule has 1 aliphatic carbocycles. The SMILES string of the molecule is CC(C)(C)CCC(=O)c1ccc(C2CCC2)cc1. The molecule has 18 heavy (non-hydrogen) atoms. The summed E-state index contributed by atoms with van der Waals surface area (Å²) in [5, 5.41) is 0. The molecule has 0 unspecified atom stereocenters. The lowest BCUT2D eigenvalue weighted by molar-refractivity contribution is 0.0966. The largest absolute Gasteiger partial charge is 0.294 e. The monoisotopic (exact) mass is 244 g/mol. The van der Waals surface area contributed by atoms with Crippen LogP contribution in [-0.2, 0) is 0 Å². The molecule has 0 heterocycles. The van der Waals surface area contributed by atoms with Crippen molar-refractivity contribution in [2.24, 2.45) is 5.41 Å². The van der Waals surface area contributed by atoms with E-state index in [1.54, 1.807) is 0 Å². The van der Waals surface area contributed by atoms with Crippen molar-refractivity contribution in [1.29, 1.82) is 0 Å². The number of hydrogen-bond donors (Lipinski definition) is 0. The summed E-state index contributed by atoms with van der Waals surface area (Å²) >= 11 is 0. The smallest absolute Gasteiger partial charge is 0.162 e. The summed E-state index contributed by atoms with van der Waals surface area (Å²) < 4.78 is 0. The summed E-state index contributed by atoms with van der Waals surface area (Å²) in [4.78, 5) is 12.1. The highest BCUT2D eigenvalue weighted by atomic mass is 16.1. The van der Waals surface area contributed by atoms with Gasteiger partial charge in [0.05, 0.1) is 0 Å². The second-order valence-electron chi connectivity index (χ2n) is 6.73. The summed E-state index contributed by atoms with van der Waals surface area (Å²) in [7, 11) is 0. The molecule has 2 rings (SSSR count). The molecule has 1 fully saturated rings. The maximum atomic E-state index is 12.1. The van der Waals surface area contributed by atoms with Crippen LogP contribution in [0.3, 0.4) is 0 Å². The van der Waals surface area contributed by atoms with Gasteiger partial charge in [0, 0.05) is 12.0 Å². The van der Waals surface area contributed by atoms with Crippen molar-refractivity contribution in [2.75, 3.05) is 0 Å². The number of rotatable bonds is 4. The molecule has 0 amide bonds. The van der Waals surface area contributed by atoms with Gasteiger partial charge in [-0.25, -0.2) is 0 Å². The van der Waals surface area contributed by atoms with E-state index in [1.165, 1.54) is 24.8 Å². The summed E-state index contributed by atoms with van der Waals surface area (Å²) in [5.74, 6) is 1.04. The van der Waals surface area contributed by atoms with Crippen molar-refractivity contribution in [2.45, 2.75) is 58.8 Å². The number of carbonyl (C=O) groups excluding carboxylic acids is 1. The third-order valence-corrected chi connectivity index (χ3v) is 3.91. The molecule has 1 nitrogen and oxygen atoms in total. The predicted octanol–water partition coefficient (Wildman–Crippen LogP) is 4.96. The number of ketones is 1. The van der Waals surface area contributed by atoms with E-state index in [-0.39, 0.29) is 11.2 Å². The van der Waals surface area contributed by atoms with Crippen molar-refractivity contribution in [3.05, 3.63) is 35.4 Å². The molecule has 0 bridgehead atoms. The van der Waals surface area contributed by atoms with E-state index in [2.05, 4.69) is 32.9 Å². The first kappa shape index (κ1) is 13.3. The normalized spacial score (nSPS) is 16.4. The first-order valence-electron chi connectivity index (χ1n) is 7.09. The Labute approximate surface area is 111 Å². The number of benzene rings is 1. The van der Waals surface area contributed by atoms with Crippen LogP contribution in [0, 0.1) is 5.41 Å². The van der Waals surface area contributed by atoms with E-state index in [1.807, 2.05) is 12.1 Å². The lowest BCUT2D eigenvalue weighted by Gasteiger charge is -2.25. The van der Waals surface area contributed by atoms with Crippen LogP contribution in [0.25, 0.3) is 0 Å². The molecule has 1 heteroatoms. The van der Waals surface area contributed by atoms with Crippen LogP contribution >= 0.6 is 0 Å². The van der Waals surface area contributed by atoms with Crippen molar-refractivity contribution >= 4 is 5.78 Å². The van der Waals surface area contributed by atoms with Crippen LogP contribution in [-0.4, -0.2) is 5.78 Å². The third kappa shape index (κ3) is 3.44. The molecule has 1 aliphatic rings. The van der Waals surface area contributed by atoms with Crippen LogP contribution in [0.1, 0.15) is 74.7 Å². The van der Waals surface area contributed by atoms with Gasteiger partial charge in [-0.05, 0) is 36.2 Å². The molecule has 1 aromatic rings. The third-order valence-electron chi connectivity index (χ3n) is 3.91. The fraction of sp³-hybridized carbons (Fsp3) is 0.588. The van der Waals surface area contributed by atoms with Gasteiger partial charge in [-0.2, -0.15) is 0 Å². The van der Waals surface area contributed by atoms with Crippen LogP contribution in [0.2, 0.25) is 0 Å². The number of hydrogen-bond acceptors (Lipinski definition) is 1. The van der Waals surface area contributed by atoms with E-state index in [4.69, 9.17) is 0 Å². The minimum absolute atomic E-state index is 0.238. The minimum Gasteiger partial charge on any atom is -0.294 e. The Morgan fingerprint density at radius 1 is 1.17 bits per heavy atom. The molecule has 98 valence electrons. The maximum Gasteiger partial charge on any atom is 0.162 e. The van der Waals surface area contributed by atoms with Gasteiger partial charge in [0.1, 0.15) is 0 Å². The molecule has 0 spiro atoms. The lowest BCUT2D eigenvalue weighted by atomic mass is 9.80. The second kappa shape index (κ2) is 5.26. The van der Waals surface area contributed by atoms with Crippen LogP contribution in [0.15, 0.2) is 24.3 Å². The quantitative estimate of drug-likeness (QED) is 0.684. The van der Waals surface area contributed by atoms with Gasteiger partial charge in [-0.15, -0.1) is 0 Å². The van der Waals surface area contributed by atoms with Gasteiger partial charge >= 0.3 is 0 Å². The Morgan fingerprint density at radius 3 is 2.22 bits per heavy atom. The van der Waals surface area contributed by atoms with E-state index in [0.29, 0.717) is 6.42 Å². The number of carbonyl (C=O) groups is 1. The number of Topliss-reactive ketones (excluding diaryl/α,β-unsaturated/α-hetero) is 1. The molecule has 0 atom stereocenters. The van der Waals surface area contributed by atoms with Crippen molar-refractivity contribution < 1.29 is 4.79 Å². The molecule has 0 saturated heterocycles. The van der Waals surface area contributed by atoms with E-state index < -0.39 is 0 Å². The zero-order valence-electron chi connectivity index (χ0n) is 11.8. The minimum atomic E-state index is 0.238. The van der Waals surface area contributed by atoms with E-state index in [9.17, 15) is 4.79 Å². The fourth-order valence-electron chi connectivity index (χ4n) is 2.32. The highest BCUT2D eigenvalue weighted by molar-refractivity contribution is 5.96. The Hall–Kier alpha value is -1.11. The first-order valence-corrected chi connectivity index (χ1v) is 7.09. The molecule has 0 radical (unpaired) electrons. The van der Waals surface area contributed by atoms with Crippen LogP contribution < -0.4 is 0 Å². The van der Waals surface area contributed by atoms with Gasteiger partial charge in [-0.3, -0.25) is 4.79 Å². The van der Waals surface area contributed by atoms with Gasteiger partial charge < -0.3 is 0 Å². The maximum absolute atomic E-state index is 12.1. The van der Waals surface area contributed by atoms with E-state index in [0.717, 1.165) is 17.9 Å². The molecule has 0 aliphatic heterocycles. The average molecular weight is 244 g/mol. The topological polar surface area (TPSA) is 17.1 Å². The highest BCUT2D eigenvalue weighted by Crippen LogP contribution is 2.36. The standard InChI is InChI=1S/C17H24O/c1-17(2,3)12-11-16(18)15-9-7-14(8-10-15)13-5-4-6-13/h7-10,13H,4-6,11-12H2,1-3H3. The Morgan fingerprint density at radius 2 is 1.78 bits per heavy atom. The molecular formula is C17H24O. The molecule has 1 aromatic carbocycles. The molecule has 0 aromatic heterocycles. The Kier molecular flexibility index (Phi) is 3.89. The van der Waals surface area contributed by atoms with Gasteiger partial charge in [0.25, 0.3) is 0 Å². The molecule has 0 N–H and O–H groups in total. The summed E-state index contributed by atoms with van der Waals surface area (Å²) in [6.45, 7) is 6.54. The highest BCUT2D eigenvalue weighted by Gasteiger charge is 2.19. The molecule has 1 saturated carbocycles. The Balaban J connectivity index is 1.94. The second-order valence-corrected chi connectivity index (χ2v) is 6.73. The van der Waals surface area contributed by atoms with Crippen molar-refractivity contribution in [3.8, 4) is 0 Å². The summed E-state index contributed by atoms with van der Waals surface area (Å²) in [5.41, 5.74) is 2.53.